The van der Waals surface area contributed by atoms with Crippen molar-refractivity contribution in [1.29, 1.82) is 0 Å². The van der Waals surface area contributed by atoms with Crippen molar-refractivity contribution in [2.75, 3.05) is 6.54 Å². The monoisotopic (exact) mass is 288 g/mol. The summed E-state index contributed by atoms with van der Waals surface area (Å²) in [4.78, 5) is -0.324. The number of hydrogen-bond donors (Lipinski definition) is 2. The van der Waals surface area contributed by atoms with Gasteiger partial charge in [-0.15, -0.1) is 0 Å². The van der Waals surface area contributed by atoms with Crippen LogP contribution >= 0.6 is 0 Å². The third-order valence-corrected chi connectivity index (χ3v) is 4.27. The van der Waals surface area contributed by atoms with Crippen LogP contribution in [-0.4, -0.2) is 21.0 Å². The first-order valence-corrected chi connectivity index (χ1v) is 7.73. The van der Waals surface area contributed by atoms with Gasteiger partial charge in [-0.1, -0.05) is 19.9 Å². The van der Waals surface area contributed by atoms with Gasteiger partial charge in [-0.25, -0.2) is 17.5 Å². The molecule has 6 heteroatoms. The zero-order valence-corrected chi connectivity index (χ0v) is 12.3. The van der Waals surface area contributed by atoms with Gasteiger partial charge in [0, 0.05) is 12.6 Å². The highest BCUT2D eigenvalue weighted by molar-refractivity contribution is 7.89. The van der Waals surface area contributed by atoms with Gasteiger partial charge in [0.25, 0.3) is 0 Å². The van der Waals surface area contributed by atoms with Crippen molar-refractivity contribution < 1.29 is 12.8 Å². The fourth-order valence-corrected chi connectivity index (χ4v) is 3.28. The molecule has 0 spiro atoms. The molecule has 0 amide bonds. The van der Waals surface area contributed by atoms with Gasteiger partial charge in [-0.05, 0) is 37.0 Å². The van der Waals surface area contributed by atoms with Crippen molar-refractivity contribution >= 4 is 10.0 Å². The minimum absolute atomic E-state index is 0.185. The molecule has 1 atom stereocenters. The maximum atomic E-state index is 13.6. The van der Waals surface area contributed by atoms with Crippen LogP contribution in [0.4, 0.5) is 4.39 Å². The van der Waals surface area contributed by atoms with Gasteiger partial charge in [0.1, 0.15) is 10.7 Å². The Balaban J connectivity index is 3.00. The van der Waals surface area contributed by atoms with Crippen LogP contribution in [0.15, 0.2) is 23.1 Å². The Bertz CT molecular complexity index is 529. The smallest absolute Gasteiger partial charge is 0.243 e. The number of benzene rings is 1. The van der Waals surface area contributed by atoms with Gasteiger partial charge in [0.05, 0.1) is 0 Å². The summed E-state index contributed by atoms with van der Waals surface area (Å²) >= 11 is 0. The highest BCUT2D eigenvalue weighted by Crippen LogP contribution is 2.17. The molecule has 1 aromatic rings. The van der Waals surface area contributed by atoms with E-state index in [1.54, 1.807) is 6.92 Å². The molecule has 0 aromatic heterocycles. The number of rotatable bonds is 6. The van der Waals surface area contributed by atoms with Gasteiger partial charge in [-0.3, -0.25) is 0 Å². The van der Waals surface area contributed by atoms with E-state index in [0.717, 1.165) is 6.07 Å². The topological polar surface area (TPSA) is 72.2 Å². The first kappa shape index (κ1) is 16.1. The van der Waals surface area contributed by atoms with E-state index in [1.165, 1.54) is 12.1 Å². The van der Waals surface area contributed by atoms with Crippen LogP contribution in [-0.2, 0) is 10.0 Å². The number of hydrogen-bond acceptors (Lipinski definition) is 3. The lowest BCUT2D eigenvalue weighted by molar-refractivity contribution is 0.463. The van der Waals surface area contributed by atoms with Crippen LogP contribution in [0.1, 0.15) is 25.8 Å². The van der Waals surface area contributed by atoms with Crippen LogP contribution in [0.5, 0.6) is 0 Å². The highest BCUT2D eigenvalue weighted by Gasteiger charge is 2.23. The molecule has 0 heterocycles. The van der Waals surface area contributed by atoms with Crippen molar-refractivity contribution in [1.82, 2.24) is 4.72 Å². The van der Waals surface area contributed by atoms with E-state index >= 15 is 0 Å². The standard InChI is InChI=1S/C13H21FN2O2S/c1-9(2)6-11(8-15)16-19(17,18)13-7-10(3)4-5-12(13)14/h4-5,7,9,11,16H,6,8,15H2,1-3H3. The Morgan fingerprint density at radius 2 is 2.00 bits per heavy atom. The molecule has 19 heavy (non-hydrogen) atoms. The van der Waals surface area contributed by atoms with Crippen molar-refractivity contribution in [3.05, 3.63) is 29.6 Å². The molecule has 0 aliphatic heterocycles. The predicted octanol–water partition coefficient (Wildman–Crippen LogP) is 1.79. The summed E-state index contributed by atoms with van der Waals surface area (Å²) < 4.78 is 40.4. The largest absolute Gasteiger partial charge is 0.329 e. The molecule has 0 saturated heterocycles. The van der Waals surface area contributed by atoms with E-state index in [9.17, 15) is 12.8 Å². The molecular weight excluding hydrogens is 267 g/mol. The normalized spacial score (nSPS) is 13.8. The zero-order valence-electron chi connectivity index (χ0n) is 11.5. The van der Waals surface area contributed by atoms with E-state index in [-0.39, 0.29) is 17.5 Å². The summed E-state index contributed by atoms with van der Waals surface area (Å²) in [6, 6.07) is 3.62. The lowest BCUT2D eigenvalue weighted by Crippen LogP contribution is -2.41. The van der Waals surface area contributed by atoms with Crippen LogP contribution in [0.2, 0.25) is 0 Å². The van der Waals surface area contributed by atoms with Crippen molar-refractivity contribution in [2.45, 2.75) is 38.1 Å². The van der Waals surface area contributed by atoms with Crippen molar-refractivity contribution in [3.8, 4) is 0 Å². The molecule has 0 aliphatic rings. The molecule has 0 aliphatic carbocycles. The maximum Gasteiger partial charge on any atom is 0.243 e. The van der Waals surface area contributed by atoms with Crippen molar-refractivity contribution in [2.24, 2.45) is 11.7 Å². The zero-order chi connectivity index (χ0) is 14.6. The average Bonchev–Trinajstić information content (AvgIpc) is 2.30. The van der Waals surface area contributed by atoms with Gasteiger partial charge >= 0.3 is 0 Å². The second-order valence-electron chi connectivity index (χ2n) is 5.12. The minimum Gasteiger partial charge on any atom is -0.329 e. The molecule has 1 unspecified atom stereocenters. The molecule has 0 saturated carbocycles. The van der Waals surface area contributed by atoms with Crippen LogP contribution in [0.3, 0.4) is 0 Å². The second kappa shape index (κ2) is 6.45. The third-order valence-electron chi connectivity index (χ3n) is 2.74. The van der Waals surface area contributed by atoms with E-state index < -0.39 is 15.8 Å². The Labute approximate surface area is 114 Å². The van der Waals surface area contributed by atoms with Crippen LogP contribution in [0, 0.1) is 18.7 Å². The number of halogens is 1. The van der Waals surface area contributed by atoms with E-state index in [0.29, 0.717) is 17.9 Å². The van der Waals surface area contributed by atoms with Gasteiger partial charge in [0.15, 0.2) is 0 Å². The summed E-state index contributed by atoms with van der Waals surface area (Å²) in [6.45, 7) is 5.85. The SMILES string of the molecule is Cc1ccc(F)c(S(=O)(=O)NC(CN)CC(C)C)c1. The molecular formula is C13H21FN2O2S. The number of nitrogens with two attached hydrogens (primary N) is 1. The Hall–Kier alpha value is -0.980. The van der Waals surface area contributed by atoms with Crippen molar-refractivity contribution in [3.63, 3.8) is 0 Å². The average molecular weight is 288 g/mol. The summed E-state index contributed by atoms with van der Waals surface area (Å²) in [5.41, 5.74) is 6.24. The van der Waals surface area contributed by atoms with Crippen LogP contribution in [0.25, 0.3) is 0 Å². The van der Waals surface area contributed by atoms with Gasteiger partial charge < -0.3 is 5.73 Å². The molecule has 108 valence electrons. The van der Waals surface area contributed by atoms with E-state index in [1.807, 2.05) is 13.8 Å². The quantitative estimate of drug-likeness (QED) is 0.838. The first-order valence-electron chi connectivity index (χ1n) is 6.24. The molecule has 1 aromatic carbocycles. The van der Waals surface area contributed by atoms with Gasteiger partial charge in [-0.2, -0.15) is 0 Å². The van der Waals surface area contributed by atoms with Gasteiger partial charge in [0.2, 0.25) is 10.0 Å². The molecule has 4 nitrogen and oxygen atoms in total. The third kappa shape index (κ3) is 4.56. The molecule has 1 rings (SSSR count). The summed E-state index contributed by atoms with van der Waals surface area (Å²) in [5.74, 6) is -0.447. The number of nitrogens with one attached hydrogen (secondary N) is 1. The first-order chi connectivity index (χ1) is 8.76. The van der Waals surface area contributed by atoms with E-state index in [4.69, 9.17) is 5.73 Å². The molecule has 0 fully saturated rings. The fraction of sp³-hybridized carbons (Fsp3) is 0.538. The second-order valence-corrected chi connectivity index (χ2v) is 6.80. The molecule has 0 radical (unpaired) electrons. The number of aryl methyl sites for hydroxylation is 1. The molecule has 3 N–H and O–H groups in total. The van der Waals surface area contributed by atoms with E-state index in [2.05, 4.69) is 4.72 Å². The fourth-order valence-electron chi connectivity index (χ4n) is 1.86. The lowest BCUT2D eigenvalue weighted by atomic mass is 10.1. The maximum absolute atomic E-state index is 13.6. The van der Waals surface area contributed by atoms with Crippen LogP contribution < -0.4 is 10.5 Å². The summed E-state index contributed by atoms with van der Waals surface area (Å²) in [6.07, 6.45) is 0.614. The highest BCUT2D eigenvalue weighted by atomic mass is 32.2. The number of sulfonamides is 1. The Morgan fingerprint density at radius 1 is 1.37 bits per heavy atom. The summed E-state index contributed by atoms with van der Waals surface area (Å²) in [7, 11) is -3.88. The minimum atomic E-state index is -3.88. The lowest BCUT2D eigenvalue weighted by Gasteiger charge is -2.19. The Morgan fingerprint density at radius 3 is 2.53 bits per heavy atom. The summed E-state index contributed by atoms with van der Waals surface area (Å²) in [5, 5.41) is 0. The predicted molar refractivity (Wildman–Crippen MR) is 73.8 cm³/mol. The Kier molecular flexibility index (Phi) is 5.46. The molecule has 0 bridgehead atoms.